The average molecular weight is 288 g/mol. The molecule has 2 aliphatic rings. The van der Waals surface area contributed by atoms with E-state index in [1.165, 1.54) is 12.8 Å². The van der Waals surface area contributed by atoms with E-state index in [0.29, 0.717) is 12.5 Å². The standard InChI is InChI=1S/C16H20N2O3/c1-20-13-8-6-11(7-9-13)14-10-15(21-18-14)16(19)17-12-4-2-3-5-12/h6-9,12,15H,2-5,10H2,1H3,(H,17,19). The van der Waals surface area contributed by atoms with Gasteiger partial charge in [-0.2, -0.15) is 0 Å². The molecule has 5 nitrogen and oxygen atoms in total. The van der Waals surface area contributed by atoms with Gasteiger partial charge in [-0.15, -0.1) is 0 Å². The van der Waals surface area contributed by atoms with Crippen LogP contribution in [0.1, 0.15) is 37.7 Å². The van der Waals surface area contributed by atoms with Gasteiger partial charge in [0.1, 0.15) is 5.75 Å². The van der Waals surface area contributed by atoms with Gasteiger partial charge < -0.3 is 14.9 Å². The smallest absolute Gasteiger partial charge is 0.264 e. The number of ether oxygens (including phenoxy) is 1. The number of hydrogen-bond donors (Lipinski definition) is 1. The van der Waals surface area contributed by atoms with Crippen LogP contribution in [-0.2, 0) is 9.63 Å². The highest BCUT2D eigenvalue weighted by Crippen LogP contribution is 2.21. The molecule has 1 aliphatic heterocycles. The molecule has 112 valence electrons. The van der Waals surface area contributed by atoms with E-state index in [1.807, 2.05) is 24.3 Å². The van der Waals surface area contributed by atoms with E-state index in [0.717, 1.165) is 29.9 Å². The Hall–Kier alpha value is -2.04. The van der Waals surface area contributed by atoms with Crippen LogP contribution < -0.4 is 10.1 Å². The molecule has 0 bridgehead atoms. The summed E-state index contributed by atoms with van der Waals surface area (Å²) in [6, 6.07) is 7.93. The van der Waals surface area contributed by atoms with Crippen molar-refractivity contribution in [3.05, 3.63) is 29.8 Å². The van der Waals surface area contributed by atoms with Crippen molar-refractivity contribution < 1.29 is 14.4 Å². The first-order valence-electron chi connectivity index (χ1n) is 7.44. The highest BCUT2D eigenvalue weighted by atomic mass is 16.6. The van der Waals surface area contributed by atoms with E-state index in [4.69, 9.17) is 9.57 Å². The Balaban J connectivity index is 1.57. The van der Waals surface area contributed by atoms with Crippen LogP contribution in [0.3, 0.4) is 0 Å². The number of benzene rings is 1. The van der Waals surface area contributed by atoms with Gasteiger partial charge in [0.05, 0.1) is 12.8 Å². The summed E-state index contributed by atoms with van der Waals surface area (Å²) in [7, 11) is 1.63. The average Bonchev–Trinajstić information content (AvgIpc) is 3.18. The summed E-state index contributed by atoms with van der Waals surface area (Å²) < 4.78 is 5.13. The third-order valence-electron chi connectivity index (χ3n) is 4.09. The van der Waals surface area contributed by atoms with E-state index in [9.17, 15) is 4.79 Å². The van der Waals surface area contributed by atoms with Gasteiger partial charge in [-0.25, -0.2) is 0 Å². The lowest BCUT2D eigenvalue weighted by atomic mass is 10.0. The summed E-state index contributed by atoms with van der Waals surface area (Å²) in [4.78, 5) is 17.4. The molecule has 1 heterocycles. The van der Waals surface area contributed by atoms with Crippen molar-refractivity contribution in [2.45, 2.75) is 44.2 Å². The first-order chi connectivity index (χ1) is 10.3. The van der Waals surface area contributed by atoms with Crippen molar-refractivity contribution in [1.82, 2.24) is 5.32 Å². The van der Waals surface area contributed by atoms with E-state index in [1.54, 1.807) is 7.11 Å². The Morgan fingerprint density at radius 3 is 2.67 bits per heavy atom. The van der Waals surface area contributed by atoms with Crippen LogP contribution in [0.25, 0.3) is 0 Å². The van der Waals surface area contributed by atoms with Crippen LogP contribution in [0.4, 0.5) is 0 Å². The molecule has 1 fully saturated rings. The molecule has 21 heavy (non-hydrogen) atoms. The van der Waals surface area contributed by atoms with Gasteiger partial charge in [-0.3, -0.25) is 4.79 Å². The molecule has 0 aromatic heterocycles. The number of nitrogens with zero attached hydrogens (tertiary/aromatic N) is 1. The second-order valence-corrected chi connectivity index (χ2v) is 5.55. The van der Waals surface area contributed by atoms with Crippen molar-refractivity contribution in [3.63, 3.8) is 0 Å². The number of nitrogens with one attached hydrogen (secondary N) is 1. The minimum absolute atomic E-state index is 0.0471. The van der Waals surface area contributed by atoms with Crippen LogP contribution in [0.2, 0.25) is 0 Å². The fraction of sp³-hybridized carbons (Fsp3) is 0.500. The number of amides is 1. The minimum Gasteiger partial charge on any atom is -0.497 e. The number of rotatable bonds is 4. The lowest BCUT2D eigenvalue weighted by Gasteiger charge is -2.14. The Kier molecular flexibility index (Phi) is 4.08. The lowest BCUT2D eigenvalue weighted by molar-refractivity contribution is -0.131. The summed E-state index contributed by atoms with van der Waals surface area (Å²) in [6.45, 7) is 0. The molecule has 1 amide bonds. The van der Waals surface area contributed by atoms with E-state index >= 15 is 0 Å². The first-order valence-corrected chi connectivity index (χ1v) is 7.44. The van der Waals surface area contributed by atoms with Gasteiger partial charge in [0.2, 0.25) is 6.10 Å². The Morgan fingerprint density at radius 1 is 1.29 bits per heavy atom. The maximum absolute atomic E-state index is 12.1. The maximum atomic E-state index is 12.1. The molecule has 1 unspecified atom stereocenters. The van der Waals surface area contributed by atoms with Crippen molar-refractivity contribution in [2.75, 3.05) is 7.11 Å². The van der Waals surface area contributed by atoms with Crippen molar-refractivity contribution in [2.24, 2.45) is 5.16 Å². The van der Waals surface area contributed by atoms with Gasteiger partial charge in [0.15, 0.2) is 0 Å². The highest BCUT2D eigenvalue weighted by molar-refractivity contribution is 6.04. The van der Waals surface area contributed by atoms with Crippen LogP contribution >= 0.6 is 0 Å². The van der Waals surface area contributed by atoms with E-state index in [2.05, 4.69) is 10.5 Å². The summed E-state index contributed by atoms with van der Waals surface area (Å²) in [5.41, 5.74) is 1.77. The normalized spacial score (nSPS) is 21.8. The van der Waals surface area contributed by atoms with E-state index in [-0.39, 0.29) is 5.91 Å². The zero-order chi connectivity index (χ0) is 14.7. The fourth-order valence-corrected chi connectivity index (χ4v) is 2.84. The van der Waals surface area contributed by atoms with Gasteiger partial charge in [-0.05, 0) is 42.7 Å². The molecular weight excluding hydrogens is 268 g/mol. The molecule has 1 aromatic carbocycles. The Labute approximate surface area is 124 Å². The van der Waals surface area contributed by atoms with Crippen LogP contribution in [0, 0.1) is 0 Å². The van der Waals surface area contributed by atoms with Crippen molar-refractivity contribution in [1.29, 1.82) is 0 Å². The Bertz CT molecular complexity index is 533. The molecule has 1 aromatic rings. The Morgan fingerprint density at radius 2 is 2.00 bits per heavy atom. The zero-order valence-corrected chi connectivity index (χ0v) is 12.2. The molecule has 1 saturated carbocycles. The number of methoxy groups -OCH3 is 1. The SMILES string of the molecule is COc1ccc(C2=NOC(C(=O)NC3CCCC3)C2)cc1. The van der Waals surface area contributed by atoms with Crippen LogP contribution in [0.5, 0.6) is 5.75 Å². The summed E-state index contributed by atoms with van der Waals surface area (Å²) in [6.07, 6.45) is 4.57. The first kappa shape index (κ1) is 13.9. The molecule has 1 N–H and O–H groups in total. The zero-order valence-electron chi connectivity index (χ0n) is 12.2. The third kappa shape index (κ3) is 3.17. The molecule has 3 rings (SSSR count). The molecule has 0 saturated heterocycles. The second kappa shape index (κ2) is 6.16. The molecule has 0 radical (unpaired) electrons. The van der Waals surface area contributed by atoms with Gasteiger partial charge >= 0.3 is 0 Å². The molecule has 5 heteroatoms. The van der Waals surface area contributed by atoms with Gasteiger partial charge in [-0.1, -0.05) is 18.0 Å². The number of carbonyl (C=O) groups excluding carboxylic acids is 1. The lowest BCUT2D eigenvalue weighted by Crippen LogP contribution is -2.40. The fourth-order valence-electron chi connectivity index (χ4n) is 2.84. The topological polar surface area (TPSA) is 59.9 Å². The van der Waals surface area contributed by atoms with Gasteiger partial charge in [0.25, 0.3) is 5.91 Å². The number of carbonyl (C=O) groups is 1. The van der Waals surface area contributed by atoms with E-state index < -0.39 is 6.10 Å². The molecule has 1 atom stereocenters. The molecule has 1 aliphatic carbocycles. The van der Waals surface area contributed by atoms with Crippen molar-refractivity contribution in [3.8, 4) is 5.75 Å². The second-order valence-electron chi connectivity index (χ2n) is 5.55. The van der Waals surface area contributed by atoms with Gasteiger partial charge in [0, 0.05) is 12.5 Å². The highest BCUT2D eigenvalue weighted by Gasteiger charge is 2.30. The monoisotopic (exact) mass is 288 g/mol. The predicted octanol–water partition coefficient (Wildman–Crippen LogP) is 2.25. The summed E-state index contributed by atoms with van der Waals surface area (Å²) >= 11 is 0. The third-order valence-corrected chi connectivity index (χ3v) is 4.09. The summed E-state index contributed by atoms with van der Waals surface area (Å²) in [5.74, 6) is 0.753. The molecular formula is C16H20N2O3. The predicted molar refractivity (Wildman–Crippen MR) is 79.4 cm³/mol. The number of oxime groups is 1. The van der Waals surface area contributed by atoms with Crippen LogP contribution in [0.15, 0.2) is 29.4 Å². The summed E-state index contributed by atoms with van der Waals surface area (Å²) in [5, 5.41) is 7.11. The molecule has 0 spiro atoms. The minimum atomic E-state index is -0.497. The quantitative estimate of drug-likeness (QED) is 0.924. The number of hydrogen-bond acceptors (Lipinski definition) is 4. The maximum Gasteiger partial charge on any atom is 0.264 e. The van der Waals surface area contributed by atoms with Crippen LogP contribution in [-0.4, -0.2) is 30.9 Å². The largest absolute Gasteiger partial charge is 0.497 e. The van der Waals surface area contributed by atoms with Crippen molar-refractivity contribution >= 4 is 11.6 Å².